The number of ketones is 2. The number of para-hydroxylation sites is 1. The van der Waals surface area contributed by atoms with Crippen molar-refractivity contribution in [1.82, 2.24) is 4.90 Å². The van der Waals surface area contributed by atoms with Crippen LogP contribution >= 0.6 is 0 Å². The number of rotatable bonds is 9. The van der Waals surface area contributed by atoms with E-state index in [1.165, 1.54) is 13.8 Å². The fourth-order valence-corrected chi connectivity index (χ4v) is 4.05. The van der Waals surface area contributed by atoms with E-state index in [9.17, 15) is 14.4 Å². The Balaban J connectivity index is 1.46. The second-order valence-electron chi connectivity index (χ2n) is 7.93. The van der Waals surface area contributed by atoms with Gasteiger partial charge < -0.3 is 18.8 Å². The molecule has 0 saturated carbocycles. The van der Waals surface area contributed by atoms with Crippen LogP contribution in [0.4, 0.5) is 0 Å². The SMILES string of the molecule is CC(=O)CCC(C(C)=O)N1Cc2c(OCCc3cc4ccccc4o3)cccc2C1=O. The molecule has 160 valence electrons. The molecular formula is C25H25NO5. The van der Waals surface area contributed by atoms with Crippen molar-refractivity contribution in [3.63, 3.8) is 0 Å². The molecular weight excluding hydrogens is 394 g/mol. The van der Waals surface area contributed by atoms with Crippen molar-refractivity contribution in [1.29, 1.82) is 0 Å². The minimum Gasteiger partial charge on any atom is -0.493 e. The average molecular weight is 419 g/mol. The maximum atomic E-state index is 13.0. The van der Waals surface area contributed by atoms with Crippen LogP contribution in [0.2, 0.25) is 0 Å². The number of carbonyl (C=O) groups is 3. The third-order valence-electron chi connectivity index (χ3n) is 5.65. The fraction of sp³-hybridized carbons (Fsp3) is 0.320. The molecule has 0 fully saturated rings. The molecule has 0 aliphatic carbocycles. The molecule has 2 heterocycles. The number of benzene rings is 2. The van der Waals surface area contributed by atoms with E-state index >= 15 is 0 Å². The zero-order valence-electron chi connectivity index (χ0n) is 17.7. The number of furan rings is 1. The summed E-state index contributed by atoms with van der Waals surface area (Å²) in [4.78, 5) is 38.1. The smallest absolute Gasteiger partial charge is 0.255 e. The summed E-state index contributed by atoms with van der Waals surface area (Å²) in [5.74, 6) is 1.17. The first-order valence-electron chi connectivity index (χ1n) is 10.5. The van der Waals surface area contributed by atoms with Crippen LogP contribution in [0.15, 0.2) is 52.9 Å². The van der Waals surface area contributed by atoms with Crippen LogP contribution in [0.3, 0.4) is 0 Å². The van der Waals surface area contributed by atoms with Crippen molar-refractivity contribution < 1.29 is 23.5 Å². The summed E-state index contributed by atoms with van der Waals surface area (Å²) in [6.07, 6.45) is 1.21. The van der Waals surface area contributed by atoms with E-state index in [0.29, 0.717) is 37.3 Å². The monoisotopic (exact) mass is 419 g/mol. The van der Waals surface area contributed by atoms with Crippen LogP contribution in [0.25, 0.3) is 11.0 Å². The Labute approximate surface area is 180 Å². The number of fused-ring (bicyclic) bond motifs is 2. The first kappa shape index (κ1) is 20.8. The second-order valence-corrected chi connectivity index (χ2v) is 7.93. The number of hydrogen-bond acceptors (Lipinski definition) is 5. The Kier molecular flexibility index (Phi) is 5.89. The van der Waals surface area contributed by atoms with Gasteiger partial charge in [-0.15, -0.1) is 0 Å². The summed E-state index contributed by atoms with van der Waals surface area (Å²) >= 11 is 0. The molecule has 0 spiro atoms. The topological polar surface area (TPSA) is 76.8 Å². The predicted octanol–water partition coefficient (Wildman–Crippen LogP) is 4.34. The van der Waals surface area contributed by atoms with Gasteiger partial charge in [-0.3, -0.25) is 9.59 Å². The zero-order chi connectivity index (χ0) is 22.0. The highest BCUT2D eigenvalue weighted by Crippen LogP contribution is 2.33. The van der Waals surface area contributed by atoms with Crippen molar-refractivity contribution in [3.05, 3.63) is 65.4 Å². The van der Waals surface area contributed by atoms with Gasteiger partial charge in [0.05, 0.1) is 19.2 Å². The number of carbonyl (C=O) groups excluding carboxylic acids is 3. The first-order valence-corrected chi connectivity index (χ1v) is 10.5. The summed E-state index contributed by atoms with van der Waals surface area (Å²) < 4.78 is 11.8. The Morgan fingerprint density at radius 2 is 1.94 bits per heavy atom. The Hall–Kier alpha value is -3.41. The standard InChI is InChI=1S/C25H25NO5/c1-16(27)10-11-22(17(2)28)26-15-21-20(25(26)29)7-5-9-24(21)30-13-12-19-14-18-6-3-4-8-23(18)31-19/h3-9,14,22H,10-13,15H2,1-2H3. The normalized spacial score (nSPS) is 14.0. The molecule has 0 radical (unpaired) electrons. The van der Waals surface area contributed by atoms with E-state index in [-0.39, 0.29) is 23.9 Å². The molecule has 1 unspecified atom stereocenters. The lowest BCUT2D eigenvalue weighted by Crippen LogP contribution is -2.40. The molecule has 2 aromatic carbocycles. The second kappa shape index (κ2) is 8.76. The summed E-state index contributed by atoms with van der Waals surface area (Å²) in [6, 6.07) is 14.6. The quantitative estimate of drug-likeness (QED) is 0.516. The predicted molar refractivity (Wildman–Crippen MR) is 116 cm³/mol. The van der Waals surface area contributed by atoms with E-state index in [0.717, 1.165) is 22.3 Å². The van der Waals surface area contributed by atoms with Crippen LogP contribution in [-0.2, 0) is 22.6 Å². The van der Waals surface area contributed by atoms with Crippen LogP contribution in [0.5, 0.6) is 5.75 Å². The van der Waals surface area contributed by atoms with E-state index in [4.69, 9.17) is 9.15 Å². The van der Waals surface area contributed by atoms with Crippen LogP contribution in [0, 0.1) is 0 Å². The molecule has 1 aliphatic heterocycles. The number of ether oxygens (including phenoxy) is 1. The minimum absolute atomic E-state index is 0.00465. The van der Waals surface area contributed by atoms with Crippen molar-refractivity contribution in [2.75, 3.05) is 6.61 Å². The third kappa shape index (κ3) is 4.38. The molecule has 1 amide bonds. The maximum Gasteiger partial charge on any atom is 0.255 e. The third-order valence-corrected chi connectivity index (χ3v) is 5.65. The lowest BCUT2D eigenvalue weighted by molar-refractivity contribution is -0.122. The zero-order valence-corrected chi connectivity index (χ0v) is 17.7. The van der Waals surface area contributed by atoms with E-state index < -0.39 is 6.04 Å². The van der Waals surface area contributed by atoms with Gasteiger partial charge in [0.15, 0.2) is 5.78 Å². The summed E-state index contributed by atoms with van der Waals surface area (Å²) in [5.41, 5.74) is 2.18. The molecule has 4 rings (SSSR count). The summed E-state index contributed by atoms with van der Waals surface area (Å²) in [6.45, 7) is 3.67. The molecule has 0 saturated heterocycles. The van der Waals surface area contributed by atoms with Gasteiger partial charge in [-0.25, -0.2) is 0 Å². The van der Waals surface area contributed by atoms with Gasteiger partial charge in [-0.05, 0) is 44.5 Å². The van der Waals surface area contributed by atoms with Gasteiger partial charge in [-0.1, -0.05) is 24.3 Å². The van der Waals surface area contributed by atoms with Crippen LogP contribution in [-0.4, -0.2) is 35.0 Å². The van der Waals surface area contributed by atoms with Crippen LogP contribution in [0.1, 0.15) is 48.4 Å². The molecule has 0 N–H and O–H groups in total. The lowest BCUT2D eigenvalue weighted by Gasteiger charge is -2.25. The number of nitrogens with zero attached hydrogens (tertiary/aromatic N) is 1. The molecule has 1 aromatic heterocycles. The molecule has 3 aromatic rings. The Bertz CT molecular complexity index is 1110. The Morgan fingerprint density at radius 3 is 2.68 bits per heavy atom. The van der Waals surface area contributed by atoms with Gasteiger partial charge >= 0.3 is 0 Å². The summed E-state index contributed by atoms with van der Waals surface area (Å²) in [7, 11) is 0. The van der Waals surface area contributed by atoms with Crippen molar-refractivity contribution in [2.45, 2.75) is 45.7 Å². The van der Waals surface area contributed by atoms with Gasteiger partial charge in [0.2, 0.25) is 0 Å². The van der Waals surface area contributed by atoms with Gasteiger partial charge in [0.25, 0.3) is 5.91 Å². The first-order chi connectivity index (χ1) is 14.9. The van der Waals surface area contributed by atoms with Gasteiger partial charge in [0, 0.05) is 29.4 Å². The average Bonchev–Trinajstić information content (AvgIpc) is 3.29. The molecule has 1 atom stereocenters. The molecule has 1 aliphatic rings. The van der Waals surface area contributed by atoms with E-state index in [2.05, 4.69) is 0 Å². The van der Waals surface area contributed by atoms with Crippen molar-refractivity contribution in [2.24, 2.45) is 0 Å². The number of Topliss-reactive ketones (excluding diaryl/α,β-unsaturated/α-hetero) is 2. The van der Waals surface area contributed by atoms with Gasteiger partial charge in [0.1, 0.15) is 22.9 Å². The molecule has 0 bridgehead atoms. The summed E-state index contributed by atoms with van der Waals surface area (Å²) in [5, 5.41) is 1.06. The molecule has 6 heteroatoms. The van der Waals surface area contributed by atoms with Gasteiger partial charge in [-0.2, -0.15) is 0 Å². The highest BCUT2D eigenvalue weighted by Gasteiger charge is 2.36. The van der Waals surface area contributed by atoms with Crippen molar-refractivity contribution in [3.8, 4) is 5.75 Å². The van der Waals surface area contributed by atoms with Crippen LogP contribution < -0.4 is 4.74 Å². The maximum absolute atomic E-state index is 13.0. The number of hydrogen-bond donors (Lipinski definition) is 0. The van der Waals surface area contributed by atoms with Crippen molar-refractivity contribution >= 4 is 28.4 Å². The minimum atomic E-state index is -0.604. The largest absolute Gasteiger partial charge is 0.493 e. The highest BCUT2D eigenvalue weighted by atomic mass is 16.5. The highest BCUT2D eigenvalue weighted by molar-refractivity contribution is 6.01. The fourth-order valence-electron chi connectivity index (χ4n) is 4.05. The molecule has 31 heavy (non-hydrogen) atoms. The number of amides is 1. The lowest BCUT2D eigenvalue weighted by atomic mass is 10.0. The van der Waals surface area contributed by atoms with E-state index in [1.807, 2.05) is 36.4 Å². The Morgan fingerprint density at radius 1 is 1.13 bits per heavy atom. The molecule has 6 nitrogen and oxygen atoms in total. The van der Waals surface area contributed by atoms with E-state index in [1.54, 1.807) is 17.0 Å².